The van der Waals surface area contributed by atoms with E-state index >= 15 is 0 Å². The average molecular weight is 655 g/mol. The first kappa shape index (κ1) is 31.6. The van der Waals surface area contributed by atoms with Crippen molar-refractivity contribution in [2.45, 2.75) is 37.8 Å². The quantitative estimate of drug-likeness (QED) is 0.199. The third-order valence-corrected chi connectivity index (χ3v) is 8.21. The summed E-state index contributed by atoms with van der Waals surface area (Å²) in [6.45, 7) is 3.69. The lowest BCUT2D eigenvalue weighted by atomic mass is 9.99. The lowest BCUT2D eigenvalue weighted by Gasteiger charge is -2.28. The molecule has 2 aromatic heterocycles. The van der Waals surface area contributed by atoms with E-state index in [1.165, 1.54) is 29.2 Å². The molecule has 1 atom stereocenters. The maximum atomic E-state index is 13.5. The Kier molecular flexibility index (Phi) is 8.85. The Hall–Kier alpha value is -4.87. The minimum absolute atomic E-state index is 0.0987. The molecule has 45 heavy (non-hydrogen) atoms. The van der Waals surface area contributed by atoms with Gasteiger partial charge in [0.25, 0.3) is 16.8 Å². The molecule has 2 aromatic carbocycles. The lowest BCUT2D eigenvalue weighted by molar-refractivity contribution is -0.141. The van der Waals surface area contributed by atoms with Gasteiger partial charge in [-0.05, 0) is 57.0 Å². The molecule has 1 amide bonds. The Morgan fingerprint density at radius 1 is 1.09 bits per heavy atom. The molecule has 0 saturated carbocycles. The first-order chi connectivity index (χ1) is 21.4. The van der Waals surface area contributed by atoms with E-state index in [2.05, 4.69) is 19.3 Å². The summed E-state index contributed by atoms with van der Waals surface area (Å²) < 4.78 is 84.3. The summed E-state index contributed by atoms with van der Waals surface area (Å²) in [6, 6.07) is 12.8. The van der Waals surface area contributed by atoms with Gasteiger partial charge in [-0.2, -0.15) is 22.9 Å². The fourth-order valence-corrected chi connectivity index (χ4v) is 5.61. The van der Waals surface area contributed by atoms with E-state index in [0.717, 1.165) is 21.3 Å². The van der Waals surface area contributed by atoms with Crippen LogP contribution in [-0.2, 0) is 30.5 Å². The van der Waals surface area contributed by atoms with Crippen molar-refractivity contribution in [1.29, 1.82) is 0 Å². The number of hydrogen-bond acceptors (Lipinski definition) is 10. The van der Waals surface area contributed by atoms with E-state index < -0.39 is 46.7 Å². The highest BCUT2D eigenvalue weighted by molar-refractivity contribution is 7.90. The van der Waals surface area contributed by atoms with Gasteiger partial charge in [-0.15, -0.1) is 0 Å². The fraction of sp³-hybridized carbons (Fsp3) is 0.370. The Bertz CT molecular complexity index is 1740. The van der Waals surface area contributed by atoms with Gasteiger partial charge < -0.3 is 14.3 Å². The van der Waals surface area contributed by atoms with Crippen LogP contribution < -0.4 is 14.6 Å². The summed E-state index contributed by atoms with van der Waals surface area (Å²) in [5.74, 6) is -1.47. The molecule has 1 fully saturated rings. The number of hydrogen-bond donors (Lipinski definition) is 1. The predicted octanol–water partition coefficient (Wildman–Crippen LogP) is 3.47. The van der Waals surface area contributed by atoms with Gasteiger partial charge >= 0.3 is 12.3 Å². The van der Waals surface area contributed by atoms with Crippen LogP contribution in [0.2, 0.25) is 0 Å². The second-order valence-corrected chi connectivity index (χ2v) is 11.7. The largest absolute Gasteiger partial charge is 0.511 e. The van der Waals surface area contributed by atoms with Crippen LogP contribution in [0.15, 0.2) is 64.1 Å². The molecule has 1 unspecified atom stereocenters. The molecule has 3 heterocycles. The molecule has 0 radical (unpaired) electrons. The maximum Gasteiger partial charge on any atom is 0.511 e. The van der Waals surface area contributed by atoms with Gasteiger partial charge in [0.2, 0.25) is 5.91 Å². The summed E-state index contributed by atoms with van der Waals surface area (Å²) in [6.07, 6.45) is -4.67. The van der Waals surface area contributed by atoms with Crippen LogP contribution >= 0.6 is 0 Å². The first-order valence-corrected chi connectivity index (χ1v) is 15.2. The number of sulfonamides is 1. The highest BCUT2D eigenvalue weighted by Gasteiger charge is 2.36. The molecule has 0 aliphatic carbocycles. The number of rotatable bonds is 10. The van der Waals surface area contributed by atoms with Gasteiger partial charge in [-0.25, -0.2) is 22.6 Å². The van der Waals surface area contributed by atoms with Crippen molar-refractivity contribution in [1.82, 2.24) is 24.5 Å². The zero-order valence-corrected chi connectivity index (χ0v) is 24.9. The Morgan fingerprint density at radius 2 is 1.80 bits per heavy atom. The zero-order chi connectivity index (χ0) is 32.4. The topological polar surface area (TPSA) is 152 Å². The number of nitrogens with one attached hydrogen (secondary N) is 1. The molecule has 5 rings (SSSR count). The monoisotopic (exact) mass is 654 g/mol. The highest BCUT2D eigenvalue weighted by Crippen LogP contribution is 2.33. The SMILES string of the molecule is CCOC(=O)OCOn1on1N1CCCC(C(=O)NS(=O)(=O)c2ccc(-n3nc(C(F)(F)F)cc3-c3ccc(C)cc3)cc2)C1. The van der Waals surface area contributed by atoms with Crippen molar-refractivity contribution in [2.75, 3.05) is 31.5 Å². The number of aryl methyl sites for hydroxylation is 1. The standard InChI is InChI=1S/C27H29F3N6O8S/c1-3-41-26(38)42-17-43-36-35(44-36)33-14-4-5-20(16-33)25(37)32-45(39,40)22-12-10-21(11-13-22)34-23(15-24(31-34)27(28,29)30)19-8-6-18(2)7-9-19/h6-13,15,20H,3-5,14,16-17H2,1-2H3,(H,32,37). The van der Waals surface area contributed by atoms with E-state index in [-0.39, 0.29) is 29.4 Å². The number of halogens is 3. The average Bonchev–Trinajstić information content (AvgIpc) is 3.62. The van der Waals surface area contributed by atoms with Gasteiger partial charge in [-0.3, -0.25) is 9.80 Å². The molecule has 4 aromatic rings. The van der Waals surface area contributed by atoms with Crippen molar-refractivity contribution >= 4 is 22.1 Å². The van der Waals surface area contributed by atoms with Crippen LogP contribution in [0.3, 0.4) is 0 Å². The van der Waals surface area contributed by atoms with E-state index in [0.29, 0.717) is 24.9 Å². The number of ether oxygens (including phenoxy) is 2. The second kappa shape index (κ2) is 12.6. The summed E-state index contributed by atoms with van der Waals surface area (Å²) in [4.78, 5) is 30.2. The molecule has 18 heteroatoms. The third kappa shape index (κ3) is 7.44. The minimum Gasteiger partial charge on any atom is -0.435 e. The first-order valence-electron chi connectivity index (χ1n) is 13.7. The van der Waals surface area contributed by atoms with Crippen LogP contribution in [0, 0.1) is 12.8 Å². The summed E-state index contributed by atoms with van der Waals surface area (Å²) in [5, 5.41) is 6.25. The number of carbonyl (C=O) groups is 2. The van der Waals surface area contributed by atoms with E-state index in [4.69, 9.17) is 9.47 Å². The van der Waals surface area contributed by atoms with E-state index in [1.807, 2.05) is 6.92 Å². The highest BCUT2D eigenvalue weighted by atomic mass is 32.2. The molecular formula is C27H29F3N6O8S. The van der Waals surface area contributed by atoms with Gasteiger partial charge in [0.15, 0.2) is 5.69 Å². The van der Waals surface area contributed by atoms with Crippen LogP contribution in [0.25, 0.3) is 16.9 Å². The maximum absolute atomic E-state index is 13.5. The number of aromatic nitrogens is 4. The molecule has 1 N–H and O–H groups in total. The van der Waals surface area contributed by atoms with Gasteiger partial charge in [0, 0.05) is 17.1 Å². The van der Waals surface area contributed by atoms with Crippen molar-refractivity contribution in [3.63, 3.8) is 0 Å². The predicted molar refractivity (Wildman–Crippen MR) is 149 cm³/mol. The van der Waals surface area contributed by atoms with Crippen LogP contribution in [0.4, 0.5) is 18.0 Å². The van der Waals surface area contributed by atoms with Crippen molar-refractivity contribution in [2.24, 2.45) is 5.92 Å². The van der Waals surface area contributed by atoms with Gasteiger partial charge in [0.1, 0.15) is 5.02 Å². The molecule has 242 valence electrons. The molecule has 1 saturated heterocycles. The normalized spacial score (nSPS) is 15.6. The number of benzene rings is 2. The minimum atomic E-state index is -4.70. The molecular weight excluding hydrogens is 625 g/mol. The second-order valence-electron chi connectivity index (χ2n) is 10.1. The molecule has 1 aliphatic rings. The number of carbonyl (C=O) groups excluding carboxylic acids is 2. The Morgan fingerprint density at radius 3 is 2.47 bits per heavy atom. The molecule has 0 spiro atoms. The molecule has 0 bridgehead atoms. The fourth-order valence-electron chi connectivity index (χ4n) is 4.57. The van der Waals surface area contributed by atoms with Crippen LogP contribution in [0.5, 0.6) is 0 Å². The Labute approximate surface area is 254 Å². The Balaban J connectivity index is 1.24. The van der Waals surface area contributed by atoms with Crippen molar-refractivity contribution in [3.8, 4) is 16.9 Å². The molecule has 1 aliphatic heterocycles. The van der Waals surface area contributed by atoms with Crippen LogP contribution in [0.1, 0.15) is 31.0 Å². The third-order valence-electron chi connectivity index (χ3n) is 6.85. The smallest absolute Gasteiger partial charge is 0.435 e. The molecule has 14 nitrogen and oxygen atoms in total. The number of nitrogens with zero attached hydrogens (tertiary/aromatic N) is 5. The van der Waals surface area contributed by atoms with Crippen molar-refractivity contribution < 1.29 is 50.1 Å². The number of alkyl halides is 3. The van der Waals surface area contributed by atoms with Crippen molar-refractivity contribution in [3.05, 3.63) is 65.9 Å². The van der Waals surface area contributed by atoms with E-state index in [9.17, 15) is 31.2 Å². The van der Waals surface area contributed by atoms with Crippen LogP contribution in [-0.4, -0.2) is 66.7 Å². The van der Waals surface area contributed by atoms with E-state index in [1.54, 1.807) is 36.2 Å². The zero-order valence-electron chi connectivity index (χ0n) is 24.1. The van der Waals surface area contributed by atoms with Gasteiger partial charge in [-0.1, -0.05) is 29.8 Å². The summed E-state index contributed by atoms with van der Waals surface area (Å²) in [7, 11) is -4.32. The number of piperidine rings is 1. The van der Waals surface area contributed by atoms with Gasteiger partial charge in [0.05, 0.1) is 35.3 Å². The lowest BCUT2D eigenvalue weighted by Crippen LogP contribution is -2.48. The number of amides is 1. The summed E-state index contributed by atoms with van der Waals surface area (Å²) in [5.41, 5.74) is 0.662. The summed E-state index contributed by atoms with van der Waals surface area (Å²) >= 11 is 0.